The van der Waals surface area contributed by atoms with Crippen LogP contribution in [-0.2, 0) is 16.1 Å². The Morgan fingerprint density at radius 3 is 2.78 bits per heavy atom. The molecule has 98 valence electrons. The lowest BCUT2D eigenvalue weighted by atomic mass is 9.99. The second-order valence-electron chi connectivity index (χ2n) is 3.74. The summed E-state index contributed by atoms with van der Waals surface area (Å²) in [6, 6.07) is 4.12. The van der Waals surface area contributed by atoms with Crippen LogP contribution in [0.15, 0.2) is 23.4 Å². The fraction of sp³-hybridized carbons (Fsp3) is 0.417. The Bertz CT molecular complexity index is 437. The van der Waals surface area contributed by atoms with Crippen LogP contribution in [0, 0.1) is 10.7 Å². The minimum Gasteiger partial charge on any atom is -0.374 e. The maximum Gasteiger partial charge on any atom is 0.293 e. The van der Waals surface area contributed by atoms with E-state index in [0.29, 0.717) is 5.56 Å². The van der Waals surface area contributed by atoms with Gasteiger partial charge >= 0.3 is 0 Å². The van der Waals surface area contributed by atoms with Crippen LogP contribution in [0.3, 0.4) is 0 Å². The third-order valence-electron chi connectivity index (χ3n) is 2.52. The molecule has 1 aromatic rings. The van der Waals surface area contributed by atoms with Crippen LogP contribution in [-0.4, -0.2) is 19.2 Å². The monoisotopic (exact) mass is 257 g/mol. The third kappa shape index (κ3) is 3.66. The molecule has 0 spiro atoms. The van der Waals surface area contributed by atoms with Crippen molar-refractivity contribution in [2.45, 2.75) is 19.4 Å². The molecule has 0 aliphatic rings. The molecular formula is C12H13F2NO3. The molecule has 1 aromatic carbocycles. The number of amides is 1. The highest BCUT2D eigenvalue weighted by atomic mass is 19.1. The predicted molar refractivity (Wildman–Crippen MR) is 61.2 cm³/mol. The Kier molecular flexibility index (Phi) is 5.51. The largest absolute Gasteiger partial charge is 0.374 e. The van der Waals surface area contributed by atoms with Crippen LogP contribution >= 0.6 is 0 Å². The van der Waals surface area contributed by atoms with Gasteiger partial charge in [0.25, 0.3) is 5.91 Å². The third-order valence-corrected chi connectivity index (χ3v) is 2.52. The zero-order valence-electron chi connectivity index (χ0n) is 9.86. The number of hydrogen-bond donors (Lipinski definition) is 0. The minimum atomic E-state index is -0.851. The standard InChI is InChI=1S/C12H13F2NO3/c1-8(12(16)15-17)9-2-3-10(11(14)6-9)7-18-5-4-13/h2-3,6,8H,4-5,7H2,1H3. The number of alkyl halides is 1. The van der Waals surface area contributed by atoms with Gasteiger partial charge in [-0.1, -0.05) is 12.1 Å². The summed E-state index contributed by atoms with van der Waals surface area (Å²) >= 11 is 0. The van der Waals surface area contributed by atoms with E-state index >= 15 is 0 Å². The summed E-state index contributed by atoms with van der Waals surface area (Å²) in [7, 11) is 0. The number of nitroso groups, excluding NO2 is 1. The van der Waals surface area contributed by atoms with Crippen molar-refractivity contribution in [2.24, 2.45) is 5.18 Å². The van der Waals surface area contributed by atoms with Gasteiger partial charge in [-0.15, -0.1) is 4.91 Å². The fourth-order valence-corrected chi connectivity index (χ4v) is 1.41. The average molecular weight is 257 g/mol. The number of nitrogens with zero attached hydrogens (tertiary/aromatic N) is 1. The number of rotatable bonds is 6. The van der Waals surface area contributed by atoms with Gasteiger partial charge in [0.2, 0.25) is 0 Å². The van der Waals surface area contributed by atoms with Crippen molar-refractivity contribution >= 4 is 5.91 Å². The molecule has 0 aliphatic carbocycles. The molecule has 0 bridgehead atoms. The van der Waals surface area contributed by atoms with E-state index < -0.39 is 24.3 Å². The molecular weight excluding hydrogens is 244 g/mol. The van der Waals surface area contributed by atoms with Crippen molar-refractivity contribution in [1.82, 2.24) is 0 Å². The highest BCUT2D eigenvalue weighted by Crippen LogP contribution is 2.20. The summed E-state index contributed by atoms with van der Waals surface area (Å²) in [6.07, 6.45) is 0. The van der Waals surface area contributed by atoms with E-state index in [2.05, 4.69) is 5.18 Å². The van der Waals surface area contributed by atoms with E-state index in [-0.39, 0.29) is 18.8 Å². The van der Waals surface area contributed by atoms with Gasteiger partial charge in [-0.25, -0.2) is 8.78 Å². The van der Waals surface area contributed by atoms with Crippen molar-refractivity contribution < 1.29 is 18.3 Å². The zero-order valence-corrected chi connectivity index (χ0v) is 9.86. The molecule has 0 saturated carbocycles. The Morgan fingerprint density at radius 1 is 1.50 bits per heavy atom. The first kappa shape index (κ1) is 14.4. The number of benzene rings is 1. The molecule has 0 N–H and O–H groups in total. The Labute approximate surface area is 103 Å². The van der Waals surface area contributed by atoms with Gasteiger partial charge in [0.15, 0.2) is 0 Å². The molecule has 0 aliphatic heterocycles. The summed E-state index contributed by atoms with van der Waals surface area (Å²) in [5, 5.41) is 2.30. The zero-order chi connectivity index (χ0) is 13.5. The van der Waals surface area contributed by atoms with E-state index in [4.69, 9.17) is 4.74 Å². The maximum absolute atomic E-state index is 13.6. The number of hydrogen-bond acceptors (Lipinski definition) is 3. The molecule has 1 unspecified atom stereocenters. The van der Waals surface area contributed by atoms with Crippen LogP contribution < -0.4 is 0 Å². The quantitative estimate of drug-likeness (QED) is 0.581. The van der Waals surface area contributed by atoms with Crippen molar-refractivity contribution in [3.05, 3.63) is 40.1 Å². The van der Waals surface area contributed by atoms with Crippen LogP contribution in [0.2, 0.25) is 0 Å². The van der Waals surface area contributed by atoms with Crippen molar-refractivity contribution in [1.29, 1.82) is 0 Å². The Morgan fingerprint density at radius 2 is 2.22 bits per heavy atom. The first-order valence-corrected chi connectivity index (χ1v) is 5.39. The first-order chi connectivity index (χ1) is 8.60. The molecule has 6 heteroatoms. The second kappa shape index (κ2) is 6.90. The van der Waals surface area contributed by atoms with Crippen LogP contribution in [0.4, 0.5) is 8.78 Å². The predicted octanol–water partition coefficient (Wildman–Crippen LogP) is 2.71. The van der Waals surface area contributed by atoms with Crippen molar-refractivity contribution in [2.75, 3.05) is 13.3 Å². The van der Waals surface area contributed by atoms with Gasteiger partial charge in [-0.2, -0.15) is 0 Å². The lowest BCUT2D eigenvalue weighted by molar-refractivity contribution is -0.119. The van der Waals surface area contributed by atoms with E-state index in [1.165, 1.54) is 19.1 Å². The van der Waals surface area contributed by atoms with E-state index in [1.54, 1.807) is 0 Å². The average Bonchev–Trinajstić information content (AvgIpc) is 2.39. The first-order valence-electron chi connectivity index (χ1n) is 5.39. The Balaban J connectivity index is 2.78. The molecule has 4 nitrogen and oxygen atoms in total. The topological polar surface area (TPSA) is 55.7 Å². The van der Waals surface area contributed by atoms with Gasteiger partial charge in [-0.05, 0) is 18.6 Å². The summed E-state index contributed by atoms with van der Waals surface area (Å²) in [5.41, 5.74) is 0.636. The number of halogens is 2. The Hall–Kier alpha value is -1.69. The van der Waals surface area contributed by atoms with Gasteiger partial charge in [0.05, 0.1) is 19.1 Å². The van der Waals surface area contributed by atoms with E-state index in [9.17, 15) is 18.5 Å². The van der Waals surface area contributed by atoms with Gasteiger partial charge in [0.1, 0.15) is 12.5 Å². The highest BCUT2D eigenvalue weighted by molar-refractivity contribution is 5.83. The van der Waals surface area contributed by atoms with E-state index in [1.807, 2.05) is 0 Å². The lowest BCUT2D eigenvalue weighted by Crippen LogP contribution is -2.07. The highest BCUT2D eigenvalue weighted by Gasteiger charge is 2.17. The molecule has 0 saturated heterocycles. The molecule has 1 amide bonds. The van der Waals surface area contributed by atoms with Crippen LogP contribution in [0.5, 0.6) is 0 Å². The maximum atomic E-state index is 13.6. The summed E-state index contributed by atoms with van der Waals surface area (Å²) in [5.74, 6) is -2.19. The summed E-state index contributed by atoms with van der Waals surface area (Å²) < 4.78 is 30.3. The second-order valence-corrected chi connectivity index (χ2v) is 3.74. The van der Waals surface area contributed by atoms with Gasteiger partial charge < -0.3 is 4.74 Å². The SMILES string of the molecule is CC(C(=O)N=O)c1ccc(COCCF)c(F)c1. The van der Waals surface area contributed by atoms with Crippen LogP contribution in [0.1, 0.15) is 24.0 Å². The molecule has 0 radical (unpaired) electrons. The molecule has 0 fully saturated rings. The summed E-state index contributed by atoms with van der Waals surface area (Å²) in [6.45, 7) is 0.712. The van der Waals surface area contributed by atoms with Crippen molar-refractivity contribution in [3.63, 3.8) is 0 Å². The minimum absolute atomic E-state index is 0.0374. The lowest BCUT2D eigenvalue weighted by Gasteiger charge is -2.09. The van der Waals surface area contributed by atoms with Crippen LogP contribution in [0.25, 0.3) is 0 Å². The summed E-state index contributed by atoms with van der Waals surface area (Å²) in [4.78, 5) is 21.1. The molecule has 1 atom stereocenters. The number of carbonyl (C=O) groups excluding carboxylic acids is 1. The van der Waals surface area contributed by atoms with Crippen molar-refractivity contribution in [3.8, 4) is 0 Å². The fourth-order valence-electron chi connectivity index (χ4n) is 1.41. The molecule has 1 rings (SSSR count). The van der Waals surface area contributed by atoms with E-state index in [0.717, 1.165) is 6.07 Å². The van der Waals surface area contributed by atoms with Gasteiger partial charge in [-0.3, -0.25) is 4.79 Å². The number of ether oxygens (including phenoxy) is 1. The smallest absolute Gasteiger partial charge is 0.293 e. The normalized spacial score (nSPS) is 12.2. The molecule has 18 heavy (non-hydrogen) atoms. The van der Waals surface area contributed by atoms with Gasteiger partial charge in [0, 0.05) is 10.7 Å². The molecule has 0 aromatic heterocycles. The molecule has 0 heterocycles. The number of carbonyl (C=O) groups is 1.